The SMILES string of the molecule is CNC1CCN(c2ccc(-c3nc4c(C)nc(-c5ccccc5)n4c(=O)[nH]3)c(OC)c2)CC1. The molecule has 0 bridgehead atoms. The van der Waals surface area contributed by atoms with Crippen molar-refractivity contribution in [3.05, 3.63) is 64.7 Å². The third kappa shape index (κ3) is 3.87. The molecule has 4 aromatic rings. The van der Waals surface area contributed by atoms with Crippen LogP contribution in [-0.2, 0) is 0 Å². The molecule has 3 heterocycles. The Morgan fingerprint density at radius 2 is 1.85 bits per heavy atom. The van der Waals surface area contributed by atoms with Gasteiger partial charge in [-0.3, -0.25) is 4.98 Å². The summed E-state index contributed by atoms with van der Waals surface area (Å²) in [6.45, 7) is 3.85. The van der Waals surface area contributed by atoms with Gasteiger partial charge >= 0.3 is 5.69 Å². The third-order valence-corrected chi connectivity index (χ3v) is 6.41. The lowest BCUT2D eigenvalue weighted by atomic mass is 10.0. The maximum absolute atomic E-state index is 13.1. The van der Waals surface area contributed by atoms with Crippen molar-refractivity contribution in [2.24, 2.45) is 0 Å². The Hall–Kier alpha value is -3.65. The highest BCUT2D eigenvalue weighted by atomic mass is 16.5. The smallest absolute Gasteiger partial charge is 0.334 e. The van der Waals surface area contributed by atoms with Crippen LogP contribution in [0.1, 0.15) is 18.5 Å². The molecule has 8 heteroatoms. The molecule has 170 valence electrons. The predicted molar refractivity (Wildman–Crippen MR) is 130 cm³/mol. The molecule has 0 aliphatic carbocycles. The van der Waals surface area contributed by atoms with Crippen molar-refractivity contribution in [1.29, 1.82) is 0 Å². The fourth-order valence-electron chi connectivity index (χ4n) is 4.54. The number of aromatic nitrogens is 4. The lowest BCUT2D eigenvalue weighted by molar-refractivity contribution is 0.415. The summed E-state index contributed by atoms with van der Waals surface area (Å²) in [6, 6.07) is 16.3. The number of nitrogens with zero attached hydrogens (tertiary/aromatic N) is 4. The fourth-order valence-corrected chi connectivity index (χ4v) is 4.54. The largest absolute Gasteiger partial charge is 0.496 e. The Bertz CT molecular complexity index is 1340. The summed E-state index contributed by atoms with van der Waals surface area (Å²) in [7, 11) is 3.66. The van der Waals surface area contributed by atoms with Crippen LogP contribution in [0.25, 0.3) is 28.4 Å². The second-order valence-corrected chi connectivity index (χ2v) is 8.37. The number of piperidine rings is 1. The summed E-state index contributed by atoms with van der Waals surface area (Å²) in [5.74, 6) is 1.72. The van der Waals surface area contributed by atoms with Gasteiger partial charge in [0.15, 0.2) is 5.65 Å². The zero-order chi connectivity index (χ0) is 22.9. The number of rotatable bonds is 5. The van der Waals surface area contributed by atoms with Crippen LogP contribution in [-0.4, -0.2) is 52.6 Å². The van der Waals surface area contributed by atoms with E-state index in [-0.39, 0.29) is 5.69 Å². The number of aromatic amines is 1. The number of H-pyrrole nitrogens is 1. The highest BCUT2D eigenvalue weighted by Crippen LogP contribution is 2.33. The maximum atomic E-state index is 13.1. The molecule has 2 aromatic heterocycles. The lowest BCUT2D eigenvalue weighted by Crippen LogP contribution is -2.41. The van der Waals surface area contributed by atoms with Gasteiger partial charge < -0.3 is 15.0 Å². The van der Waals surface area contributed by atoms with Crippen LogP contribution in [0.15, 0.2) is 53.3 Å². The number of methoxy groups -OCH3 is 1. The first-order valence-corrected chi connectivity index (χ1v) is 11.2. The summed E-state index contributed by atoms with van der Waals surface area (Å²) in [5, 5.41) is 3.37. The molecule has 8 nitrogen and oxygen atoms in total. The molecule has 0 radical (unpaired) electrons. The maximum Gasteiger partial charge on any atom is 0.334 e. The Kier molecular flexibility index (Phi) is 5.60. The average molecular weight is 445 g/mol. The van der Waals surface area contributed by atoms with Gasteiger partial charge in [-0.1, -0.05) is 30.3 Å². The van der Waals surface area contributed by atoms with Crippen molar-refractivity contribution in [2.45, 2.75) is 25.8 Å². The van der Waals surface area contributed by atoms with Crippen LogP contribution in [0.5, 0.6) is 5.75 Å². The van der Waals surface area contributed by atoms with Crippen LogP contribution in [0, 0.1) is 6.92 Å². The van der Waals surface area contributed by atoms with Crippen molar-refractivity contribution < 1.29 is 4.74 Å². The molecule has 2 N–H and O–H groups in total. The first-order chi connectivity index (χ1) is 16.1. The number of anilines is 1. The molecule has 5 rings (SSSR count). The molecular weight excluding hydrogens is 416 g/mol. The van der Waals surface area contributed by atoms with Crippen LogP contribution >= 0.6 is 0 Å². The molecule has 1 saturated heterocycles. The minimum atomic E-state index is -0.283. The lowest BCUT2D eigenvalue weighted by Gasteiger charge is -2.33. The van der Waals surface area contributed by atoms with E-state index in [1.54, 1.807) is 7.11 Å². The first kappa shape index (κ1) is 21.2. The second kappa shape index (κ2) is 8.71. The fraction of sp³-hybridized carbons (Fsp3) is 0.320. The van der Waals surface area contributed by atoms with Gasteiger partial charge in [-0.25, -0.2) is 19.2 Å². The second-order valence-electron chi connectivity index (χ2n) is 8.37. The normalized spacial score (nSPS) is 14.7. The zero-order valence-corrected chi connectivity index (χ0v) is 19.1. The van der Waals surface area contributed by atoms with Gasteiger partial charge in [0.05, 0.1) is 18.4 Å². The van der Waals surface area contributed by atoms with Gasteiger partial charge in [-0.05, 0) is 38.9 Å². The van der Waals surface area contributed by atoms with Crippen molar-refractivity contribution in [3.63, 3.8) is 0 Å². The third-order valence-electron chi connectivity index (χ3n) is 6.41. The number of fused-ring (bicyclic) bond motifs is 1. The van der Waals surface area contributed by atoms with Crippen molar-refractivity contribution in [3.8, 4) is 28.5 Å². The van der Waals surface area contributed by atoms with Crippen LogP contribution in [0.3, 0.4) is 0 Å². The van der Waals surface area contributed by atoms with E-state index in [0.717, 1.165) is 42.7 Å². The molecule has 33 heavy (non-hydrogen) atoms. The van der Waals surface area contributed by atoms with Crippen LogP contribution in [0.2, 0.25) is 0 Å². The van der Waals surface area contributed by atoms with Crippen molar-refractivity contribution >= 4 is 11.3 Å². The highest BCUT2D eigenvalue weighted by molar-refractivity contribution is 5.71. The van der Waals surface area contributed by atoms with E-state index in [0.29, 0.717) is 34.8 Å². The van der Waals surface area contributed by atoms with Crippen molar-refractivity contribution in [2.75, 3.05) is 32.1 Å². The molecule has 0 atom stereocenters. The van der Waals surface area contributed by atoms with Gasteiger partial charge in [0.1, 0.15) is 17.4 Å². The van der Waals surface area contributed by atoms with Gasteiger partial charge in [0, 0.05) is 36.4 Å². The Labute approximate surface area is 192 Å². The Balaban J connectivity index is 1.54. The van der Waals surface area contributed by atoms with E-state index in [9.17, 15) is 4.79 Å². The predicted octanol–water partition coefficient (Wildman–Crippen LogP) is 3.26. The minimum absolute atomic E-state index is 0.283. The molecule has 2 aromatic carbocycles. The average Bonchev–Trinajstić information content (AvgIpc) is 3.21. The number of benzene rings is 2. The summed E-state index contributed by atoms with van der Waals surface area (Å²) in [5.41, 5.74) is 3.67. The van der Waals surface area contributed by atoms with E-state index in [2.05, 4.69) is 26.3 Å². The van der Waals surface area contributed by atoms with E-state index in [1.165, 1.54) is 4.40 Å². The molecule has 0 saturated carbocycles. The quantitative estimate of drug-likeness (QED) is 0.491. The summed E-state index contributed by atoms with van der Waals surface area (Å²) < 4.78 is 7.24. The molecule has 1 aliphatic heterocycles. The van der Waals surface area contributed by atoms with Gasteiger partial charge in [0.2, 0.25) is 0 Å². The van der Waals surface area contributed by atoms with E-state index in [1.807, 2.05) is 56.4 Å². The van der Waals surface area contributed by atoms with E-state index in [4.69, 9.17) is 9.72 Å². The Morgan fingerprint density at radius 3 is 2.55 bits per heavy atom. The molecule has 0 spiro atoms. The number of nitrogens with one attached hydrogen (secondary N) is 2. The molecule has 1 aliphatic rings. The van der Waals surface area contributed by atoms with Crippen LogP contribution in [0.4, 0.5) is 5.69 Å². The summed E-state index contributed by atoms with van der Waals surface area (Å²) >= 11 is 0. The molecule has 1 fully saturated rings. The number of hydrogen-bond donors (Lipinski definition) is 2. The summed E-state index contributed by atoms with van der Waals surface area (Å²) in [6.07, 6.45) is 2.21. The van der Waals surface area contributed by atoms with E-state index >= 15 is 0 Å². The monoisotopic (exact) mass is 444 g/mol. The number of imidazole rings is 1. The molecular formula is C25H28N6O2. The standard InChI is InChI=1S/C25H28N6O2/c1-16-23-28-22(29-25(32)31(23)24(27-16)17-7-5-4-6-8-17)20-10-9-19(15-21(20)33-3)30-13-11-18(26-2)12-14-30/h4-10,15,18,26H,11-14H2,1-3H3,(H,28,29,32). The number of ether oxygens (including phenoxy) is 1. The number of hydrogen-bond acceptors (Lipinski definition) is 6. The van der Waals surface area contributed by atoms with Crippen molar-refractivity contribution in [1.82, 2.24) is 24.7 Å². The van der Waals surface area contributed by atoms with E-state index < -0.39 is 0 Å². The minimum Gasteiger partial charge on any atom is -0.496 e. The zero-order valence-electron chi connectivity index (χ0n) is 19.1. The number of aryl methyl sites for hydroxylation is 1. The van der Waals surface area contributed by atoms with Gasteiger partial charge in [0.25, 0.3) is 0 Å². The summed E-state index contributed by atoms with van der Waals surface area (Å²) in [4.78, 5) is 27.8. The van der Waals surface area contributed by atoms with Gasteiger partial charge in [-0.2, -0.15) is 0 Å². The molecule has 0 unspecified atom stereocenters. The molecule has 0 amide bonds. The highest BCUT2D eigenvalue weighted by Gasteiger charge is 2.21. The van der Waals surface area contributed by atoms with Crippen LogP contribution < -0.4 is 20.6 Å². The first-order valence-electron chi connectivity index (χ1n) is 11.2. The van der Waals surface area contributed by atoms with Gasteiger partial charge in [-0.15, -0.1) is 0 Å². The Morgan fingerprint density at radius 1 is 1.09 bits per heavy atom. The topological polar surface area (TPSA) is 87.5 Å².